The molecule has 2 rings (SSSR count). The van der Waals surface area contributed by atoms with Gasteiger partial charge in [0.25, 0.3) is 0 Å². The molecule has 1 aliphatic heterocycles. The zero-order valence-corrected chi connectivity index (χ0v) is 13.5. The molecule has 0 radical (unpaired) electrons. The van der Waals surface area contributed by atoms with Crippen LogP contribution in [0.1, 0.15) is 12.5 Å². The van der Waals surface area contributed by atoms with Crippen molar-refractivity contribution in [2.24, 2.45) is 0 Å². The summed E-state index contributed by atoms with van der Waals surface area (Å²) in [6.45, 7) is 5.47. The van der Waals surface area contributed by atoms with E-state index in [1.54, 1.807) is 12.1 Å². The zero-order valence-electron chi connectivity index (χ0n) is 12.0. The Bertz CT molecular complexity index is 617. The molecule has 0 bridgehead atoms. The second-order valence-corrected chi connectivity index (χ2v) is 5.54. The lowest BCUT2D eigenvalue weighted by molar-refractivity contribution is -0.153. The largest absolute Gasteiger partial charge is 0.484 e. The molecule has 1 aromatic rings. The predicted octanol–water partition coefficient (Wildman–Crippen LogP) is 5.10. The van der Waals surface area contributed by atoms with Crippen LogP contribution >= 0.6 is 15.9 Å². The molecule has 0 N–H and O–H groups in total. The number of rotatable bonds is 4. The summed E-state index contributed by atoms with van der Waals surface area (Å²) >= 11 is 3.43. The van der Waals surface area contributed by atoms with E-state index in [2.05, 4.69) is 22.5 Å². The first kappa shape index (κ1) is 16.7. The van der Waals surface area contributed by atoms with Gasteiger partial charge in [0.15, 0.2) is 6.61 Å². The highest BCUT2D eigenvalue weighted by Gasteiger charge is 2.28. The first-order valence-electron chi connectivity index (χ1n) is 6.66. The molecule has 1 aliphatic rings. The molecule has 0 aliphatic carbocycles. The van der Waals surface area contributed by atoms with Crippen molar-refractivity contribution in [3.63, 3.8) is 0 Å². The SMILES string of the molecule is C=C1C(Br)=CC=C(c2ccc(OCC(F)(F)F)cc2)N1CC. The summed E-state index contributed by atoms with van der Waals surface area (Å²) in [7, 11) is 0. The van der Waals surface area contributed by atoms with E-state index in [0.29, 0.717) is 0 Å². The Hall–Kier alpha value is -1.69. The number of benzene rings is 1. The predicted molar refractivity (Wildman–Crippen MR) is 84.5 cm³/mol. The van der Waals surface area contributed by atoms with Crippen molar-refractivity contribution in [1.29, 1.82) is 0 Å². The molecule has 0 fully saturated rings. The summed E-state index contributed by atoms with van der Waals surface area (Å²) in [5, 5.41) is 0. The molecule has 0 aromatic heterocycles. The van der Waals surface area contributed by atoms with E-state index >= 15 is 0 Å². The minimum absolute atomic E-state index is 0.191. The normalized spacial score (nSPS) is 15.5. The van der Waals surface area contributed by atoms with Crippen LogP contribution in [0.4, 0.5) is 13.2 Å². The fraction of sp³-hybridized carbons (Fsp3) is 0.250. The smallest absolute Gasteiger partial charge is 0.422 e. The molecule has 0 unspecified atom stereocenters. The summed E-state index contributed by atoms with van der Waals surface area (Å²) in [4.78, 5) is 2.02. The molecular weight excluding hydrogens is 359 g/mol. The standard InChI is InChI=1S/C16H15BrF3NO/c1-3-21-11(2)14(17)8-9-15(21)12-4-6-13(7-5-12)22-10-16(18,19)20/h4-9H,2-3,10H2,1H3. The van der Waals surface area contributed by atoms with E-state index in [1.165, 1.54) is 12.1 Å². The number of likely N-dealkylation sites (N-methyl/N-ethyl adjacent to an activating group) is 1. The second-order valence-electron chi connectivity index (χ2n) is 4.69. The zero-order chi connectivity index (χ0) is 16.3. The molecule has 0 saturated carbocycles. The molecule has 1 heterocycles. The van der Waals surface area contributed by atoms with Crippen LogP contribution in [0.15, 0.2) is 53.2 Å². The van der Waals surface area contributed by atoms with Gasteiger partial charge in [0.1, 0.15) is 5.75 Å². The van der Waals surface area contributed by atoms with E-state index in [0.717, 1.165) is 28.0 Å². The van der Waals surface area contributed by atoms with Gasteiger partial charge in [-0.15, -0.1) is 0 Å². The van der Waals surface area contributed by atoms with Crippen molar-refractivity contribution in [3.8, 4) is 5.75 Å². The Morgan fingerprint density at radius 2 is 1.82 bits per heavy atom. The number of halogens is 4. The molecule has 1 aromatic carbocycles. The average molecular weight is 374 g/mol. The summed E-state index contributed by atoms with van der Waals surface area (Å²) in [5.41, 5.74) is 2.68. The quantitative estimate of drug-likeness (QED) is 0.728. The van der Waals surface area contributed by atoms with Crippen molar-refractivity contribution < 1.29 is 17.9 Å². The molecule has 6 heteroatoms. The van der Waals surface area contributed by atoms with Gasteiger partial charge in [0.05, 0.1) is 0 Å². The first-order valence-corrected chi connectivity index (χ1v) is 7.45. The molecule has 0 saturated heterocycles. The molecule has 0 amide bonds. The minimum Gasteiger partial charge on any atom is -0.484 e. The molecule has 22 heavy (non-hydrogen) atoms. The van der Waals surface area contributed by atoms with Crippen molar-refractivity contribution in [1.82, 2.24) is 4.90 Å². The van der Waals surface area contributed by atoms with E-state index < -0.39 is 12.8 Å². The van der Waals surface area contributed by atoms with Crippen LogP contribution in [0.25, 0.3) is 5.70 Å². The Balaban J connectivity index is 2.18. The van der Waals surface area contributed by atoms with Gasteiger partial charge in [-0.1, -0.05) is 6.58 Å². The van der Waals surface area contributed by atoms with Crippen LogP contribution in [0, 0.1) is 0 Å². The van der Waals surface area contributed by atoms with E-state index in [9.17, 15) is 13.2 Å². The van der Waals surface area contributed by atoms with Crippen LogP contribution in [-0.4, -0.2) is 24.2 Å². The highest BCUT2D eigenvalue weighted by Crippen LogP contribution is 2.33. The monoisotopic (exact) mass is 373 g/mol. The van der Waals surface area contributed by atoms with Gasteiger partial charge in [0.2, 0.25) is 0 Å². The van der Waals surface area contributed by atoms with Gasteiger partial charge in [-0.25, -0.2) is 0 Å². The van der Waals surface area contributed by atoms with Gasteiger partial charge in [-0.2, -0.15) is 13.2 Å². The number of hydrogen-bond acceptors (Lipinski definition) is 2. The maximum absolute atomic E-state index is 12.1. The van der Waals surface area contributed by atoms with Crippen molar-refractivity contribution in [2.45, 2.75) is 13.1 Å². The van der Waals surface area contributed by atoms with Gasteiger partial charge >= 0.3 is 6.18 Å². The summed E-state index contributed by atoms with van der Waals surface area (Å²) < 4.78 is 42.0. The van der Waals surface area contributed by atoms with Crippen molar-refractivity contribution in [2.75, 3.05) is 13.2 Å². The van der Waals surface area contributed by atoms with Crippen molar-refractivity contribution >= 4 is 21.6 Å². The highest BCUT2D eigenvalue weighted by atomic mass is 79.9. The van der Waals surface area contributed by atoms with Gasteiger partial charge in [0, 0.05) is 22.4 Å². The molecular formula is C16H15BrF3NO. The molecule has 2 nitrogen and oxygen atoms in total. The molecule has 118 valence electrons. The Kier molecular flexibility index (Phi) is 5.01. The third-order valence-corrected chi connectivity index (χ3v) is 3.87. The second kappa shape index (κ2) is 6.60. The number of alkyl halides is 3. The topological polar surface area (TPSA) is 12.5 Å². The Labute approximate surface area is 135 Å². The van der Waals surface area contributed by atoms with Crippen molar-refractivity contribution in [3.05, 3.63) is 58.7 Å². The fourth-order valence-electron chi connectivity index (χ4n) is 2.11. The highest BCUT2D eigenvalue weighted by molar-refractivity contribution is 9.12. The van der Waals surface area contributed by atoms with Crippen LogP contribution < -0.4 is 4.74 Å². The minimum atomic E-state index is -4.33. The van der Waals surface area contributed by atoms with E-state index in [-0.39, 0.29) is 5.75 Å². The van der Waals surface area contributed by atoms with Gasteiger partial charge < -0.3 is 9.64 Å². The van der Waals surface area contributed by atoms with E-state index in [4.69, 9.17) is 4.74 Å². The van der Waals surface area contributed by atoms with Gasteiger partial charge in [-0.3, -0.25) is 0 Å². The first-order chi connectivity index (χ1) is 10.3. The lowest BCUT2D eigenvalue weighted by Crippen LogP contribution is -2.22. The average Bonchev–Trinajstić information content (AvgIpc) is 2.47. The number of allylic oxidation sites excluding steroid dienone is 3. The Morgan fingerprint density at radius 3 is 2.36 bits per heavy atom. The number of hydrogen-bond donors (Lipinski definition) is 0. The third kappa shape index (κ3) is 3.94. The molecule has 0 spiro atoms. The maximum Gasteiger partial charge on any atom is 0.422 e. The number of nitrogens with zero attached hydrogens (tertiary/aromatic N) is 1. The van der Waals surface area contributed by atoms with Crippen LogP contribution in [-0.2, 0) is 0 Å². The lowest BCUT2D eigenvalue weighted by Gasteiger charge is -2.30. The molecule has 0 atom stereocenters. The maximum atomic E-state index is 12.1. The lowest BCUT2D eigenvalue weighted by atomic mass is 10.1. The summed E-state index contributed by atoms with van der Waals surface area (Å²) in [6, 6.07) is 6.54. The number of ether oxygens (including phenoxy) is 1. The van der Waals surface area contributed by atoms with Crippen LogP contribution in [0.5, 0.6) is 5.75 Å². The summed E-state index contributed by atoms with van der Waals surface area (Å²) in [6.07, 6.45) is -0.496. The third-order valence-electron chi connectivity index (χ3n) is 3.15. The van der Waals surface area contributed by atoms with Gasteiger partial charge in [-0.05, 0) is 64.8 Å². The fourth-order valence-corrected chi connectivity index (χ4v) is 2.46. The van der Waals surface area contributed by atoms with E-state index in [1.807, 2.05) is 24.0 Å². The van der Waals surface area contributed by atoms with Crippen LogP contribution in [0.2, 0.25) is 0 Å². The summed E-state index contributed by atoms with van der Waals surface area (Å²) in [5.74, 6) is 0.191. The Morgan fingerprint density at radius 1 is 1.18 bits per heavy atom. The van der Waals surface area contributed by atoms with Crippen LogP contribution in [0.3, 0.4) is 0 Å².